The Balaban J connectivity index is 2.20. The fourth-order valence-electron chi connectivity index (χ4n) is 1.61. The summed E-state index contributed by atoms with van der Waals surface area (Å²) in [6, 6.07) is 4.13. The largest absolute Gasteiger partial charge is 0.351 e. The molecular weight excluding hydrogens is 354 g/mol. The van der Waals surface area contributed by atoms with Crippen LogP contribution in [-0.4, -0.2) is 20.9 Å². The average molecular weight is 367 g/mol. The molecule has 1 N–H and O–H groups in total. The van der Waals surface area contributed by atoms with Crippen LogP contribution in [0.2, 0.25) is 0 Å². The first-order valence-corrected chi connectivity index (χ1v) is 8.84. The third kappa shape index (κ3) is 3.70. The molecular formula is C12H13BrClNO3S. The summed E-state index contributed by atoms with van der Waals surface area (Å²) in [6.45, 7) is 2.69. The maximum absolute atomic E-state index is 12.0. The minimum absolute atomic E-state index is 0.0832. The number of halogens is 2. The fraction of sp³-hybridized carbons (Fsp3) is 0.417. The van der Waals surface area contributed by atoms with Gasteiger partial charge in [0.25, 0.3) is 15.0 Å². The lowest BCUT2D eigenvalue weighted by Crippen LogP contribution is -2.29. The Morgan fingerprint density at radius 1 is 1.47 bits per heavy atom. The van der Waals surface area contributed by atoms with E-state index in [1.807, 2.05) is 0 Å². The summed E-state index contributed by atoms with van der Waals surface area (Å²) in [7, 11) is 1.44. The molecule has 0 unspecified atom stereocenters. The molecule has 0 bridgehead atoms. The molecule has 0 aliphatic heterocycles. The number of hydrogen-bond donors (Lipinski definition) is 1. The molecule has 1 aliphatic rings. The molecule has 4 nitrogen and oxygen atoms in total. The van der Waals surface area contributed by atoms with Gasteiger partial charge in [0.15, 0.2) is 0 Å². The molecule has 1 aromatic carbocycles. The average Bonchev–Trinajstić information content (AvgIpc) is 3.04. The second-order valence-corrected chi connectivity index (χ2v) is 8.49. The Kier molecular flexibility index (Phi) is 3.95. The summed E-state index contributed by atoms with van der Waals surface area (Å²) in [5.41, 5.74) is 0.462. The van der Waals surface area contributed by atoms with Gasteiger partial charge in [-0.1, -0.05) is 6.92 Å². The minimum atomic E-state index is -3.84. The Morgan fingerprint density at radius 2 is 2.11 bits per heavy atom. The lowest BCUT2D eigenvalue weighted by atomic mass is 10.1. The lowest BCUT2D eigenvalue weighted by molar-refractivity contribution is 0.0945. The lowest BCUT2D eigenvalue weighted by Gasteiger charge is -2.11. The monoisotopic (exact) mass is 365 g/mol. The van der Waals surface area contributed by atoms with Crippen molar-refractivity contribution in [1.82, 2.24) is 5.32 Å². The maximum Gasteiger partial charge on any atom is 0.261 e. The van der Waals surface area contributed by atoms with Crippen LogP contribution in [0.15, 0.2) is 27.6 Å². The molecule has 1 saturated carbocycles. The smallest absolute Gasteiger partial charge is 0.261 e. The molecule has 2 rings (SSSR count). The number of nitrogens with one attached hydrogen (secondary N) is 1. The Hall–Kier alpha value is -0.590. The topological polar surface area (TPSA) is 63.2 Å². The highest BCUT2D eigenvalue weighted by atomic mass is 79.9. The van der Waals surface area contributed by atoms with Gasteiger partial charge in [-0.2, -0.15) is 0 Å². The first-order chi connectivity index (χ1) is 8.71. The van der Waals surface area contributed by atoms with Gasteiger partial charge in [-0.25, -0.2) is 8.42 Å². The predicted molar refractivity (Wildman–Crippen MR) is 76.9 cm³/mol. The summed E-state index contributed by atoms with van der Waals surface area (Å²) in [4.78, 5) is 12.0. The maximum atomic E-state index is 12.0. The van der Waals surface area contributed by atoms with Gasteiger partial charge in [0.1, 0.15) is 0 Å². The van der Waals surface area contributed by atoms with Crippen molar-refractivity contribution >= 4 is 41.6 Å². The van der Waals surface area contributed by atoms with E-state index in [4.69, 9.17) is 10.7 Å². The van der Waals surface area contributed by atoms with Crippen molar-refractivity contribution in [2.45, 2.75) is 24.7 Å². The Morgan fingerprint density at radius 3 is 2.63 bits per heavy atom. The van der Waals surface area contributed by atoms with Gasteiger partial charge in [0.05, 0.1) is 10.5 Å². The van der Waals surface area contributed by atoms with Crippen LogP contribution < -0.4 is 5.32 Å². The highest BCUT2D eigenvalue weighted by Crippen LogP contribution is 2.44. The third-order valence-corrected chi connectivity index (χ3v) is 5.29. The highest BCUT2D eigenvalue weighted by Gasteiger charge is 2.37. The van der Waals surface area contributed by atoms with E-state index >= 15 is 0 Å². The van der Waals surface area contributed by atoms with Crippen molar-refractivity contribution in [3.05, 3.63) is 28.2 Å². The summed E-state index contributed by atoms with van der Waals surface area (Å²) in [5, 5.41) is 2.81. The molecule has 0 aromatic heterocycles. The molecule has 0 atom stereocenters. The second-order valence-electron chi connectivity index (χ2n) is 5.07. The van der Waals surface area contributed by atoms with E-state index in [-0.39, 0.29) is 21.8 Å². The van der Waals surface area contributed by atoms with E-state index in [1.165, 1.54) is 18.2 Å². The van der Waals surface area contributed by atoms with Gasteiger partial charge in [0.2, 0.25) is 0 Å². The zero-order valence-corrected chi connectivity index (χ0v) is 13.4. The molecule has 0 saturated heterocycles. The molecule has 1 fully saturated rings. The zero-order chi connectivity index (χ0) is 14.3. The van der Waals surface area contributed by atoms with Gasteiger partial charge in [-0.05, 0) is 52.4 Å². The molecule has 104 valence electrons. The molecule has 7 heteroatoms. The summed E-state index contributed by atoms with van der Waals surface area (Å²) >= 11 is 3.24. The Labute approximate surface area is 125 Å². The van der Waals surface area contributed by atoms with E-state index in [0.717, 1.165) is 12.8 Å². The van der Waals surface area contributed by atoms with Crippen molar-refractivity contribution in [3.63, 3.8) is 0 Å². The van der Waals surface area contributed by atoms with Crippen molar-refractivity contribution < 1.29 is 13.2 Å². The minimum Gasteiger partial charge on any atom is -0.351 e. The predicted octanol–water partition coefficient (Wildman–Crippen LogP) is 2.91. The van der Waals surface area contributed by atoms with E-state index in [9.17, 15) is 13.2 Å². The highest BCUT2D eigenvalue weighted by molar-refractivity contribution is 9.10. The first-order valence-electron chi connectivity index (χ1n) is 5.74. The first kappa shape index (κ1) is 14.8. The van der Waals surface area contributed by atoms with E-state index < -0.39 is 9.05 Å². The number of carbonyl (C=O) groups excluding carboxylic acids is 1. The summed E-state index contributed by atoms with van der Waals surface area (Å²) in [5.74, 6) is -0.304. The van der Waals surface area contributed by atoms with Gasteiger partial charge in [-0.3, -0.25) is 4.79 Å². The zero-order valence-electron chi connectivity index (χ0n) is 10.2. The van der Waals surface area contributed by atoms with Crippen LogP contribution in [0.5, 0.6) is 0 Å². The van der Waals surface area contributed by atoms with Gasteiger partial charge < -0.3 is 5.32 Å². The van der Waals surface area contributed by atoms with Gasteiger partial charge in [0, 0.05) is 21.7 Å². The second kappa shape index (κ2) is 5.07. The van der Waals surface area contributed by atoms with Crippen molar-refractivity contribution in [3.8, 4) is 0 Å². The van der Waals surface area contributed by atoms with E-state index in [0.29, 0.717) is 11.0 Å². The molecule has 0 heterocycles. The quantitative estimate of drug-likeness (QED) is 0.833. The molecule has 1 aromatic rings. The molecule has 0 radical (unpaired) electrons. The molecule has 1 aliphatic carbocycles. The van der Waals surface area contributed by atoms with Crippen LogP contribution in [0.4, 0.5) is 0 Å². The fourth-order valence-corrected chi connectivity index (χ4v) is 2.81. The summed E-state index contributed by atoms with van der Waals surface area (Å²) in [6.07, 6.45) is 2.20. The van der Waals surface area contributed by atoms with Crippen LogP contribution in [-0.2, 0) is 9.05 Å². The van der Waals surface area contributed by atoms with Crippen LogP contribution in [0, 0.1) is 5.41 Å². The van der Waals surface area contributed by atoms with Crippen LogP contribution >= 0.6 is 26.6 Å². The van der Waals surface area contributed by atoms with E-state index in [2.05, 4.69) is 28.2 Å². The summed E-state index contributed by atoms with van der Waals surface area (Å²) < 4.78 is 23.1. The van der Waals surface area contributed by atoms with Crippen LogP contribution in [0.3, 0.4) is 0 Å². The van der Waals surface area contributed by atoms with Crippen molar-refractivity contribution in [2.75, 3.05) is 6.54 Å². The van der Waals surface area contributed by atoms with Crippen LogP contribution in [0.25, 0.3) is 0 Å². The van der Waals surface area contributed by atoms with Gasteiger partial charge >= 0.3 is 0 Å². The number of carbonyl (C=O) groups is 1. The normalized spacial score (nSPS) is 17.0. The van der Waals surface area contributed by atoms with Gasteiger partial charge in [-0.15, -0.1) is 0 Å². The number of amides is 1. The molecule has 19 heavy (non-hydrogen) atoms. The SMILES string of the molecule is CC1(CNC(=O)c2cc(S(=O)(=O)Cl)ccc2Br)CC1. The Bertz CT molecular complexity index is 626. The number of hydrogen-bond acceptors (Lipinski definition) is 3. The van der Waals surface area contributed by atoms with Crippen molar-refractivity contribution in [1.29, 1.82) is 0 Å². The standard InChI is InChI=1S/C12H13BrClNO3S/c1-12(4-5-12)7-15-11(16)9-6-8(19(14,17)18)2-3-10(9)13/h2-3,6H,4-5,7H2,1H3,(H,15,16). The molecule has 1 amide bonds. The van der Waals surface area contributed by atoms with Crippen molar-refractivity contribution in [2.24, 2.45) is 5.41 Å². The number of rotatable bonds is 4. The third-order valence-electron chi connectivity index (χ3n) is 3.24. The van der Waals surface area contributed by atoms with E-state index in [1.54, 1.807) is 0 Å². The molecule has 0 spiro atoms. The number of benzene rings is 1. The van der Waals surface area contributed by atoms with Crippen LogP contribution in [0.1, 0.15) is 30.1 Å².